The average molecular weight is 438 g/mol. The van der Waals surface area contributed by atoms with Gasteiger partial charge in [-0.05, 0) is 36.6 Å². The summed E-state index contributed by atoms with van der Waals surface area (Å²) in [5, 5.41) is 14.9. The number of carbonyl (C=O) groups excluding carboxylic acids is 2. The van der Waals surface area contributed by atoms with Crippen LogP contribution in [0.1, 0.15) is 38.2 Å². The molecule has 162 valence electrons. The minimum absolute atomic E-state index is 0.0526. The number of aromatic nitrogens is 3. The third kappa shape index (κ3) is 5.95. The molecular weight excluding hydrogens is 410 g/mol. The van der Waals surface area contributed by atoms with Crippen LogP contribution in [-0.4, -0.2) is 32.3 Å². The lowest BCUT2D eigenvalue weighted by molar-refractivity contribution is -0.119. The summed E-state index contributed by atoms with van der Waals surface area (Å²) < 4.78 is 1.88. The molecule has 0 radical (unpaired) electrons. The molecule has 1 atom stereocenters. The lowest BCUT2D eigenvalue weighted by Crippen LogP contribution is -2.33. The van der Waals surface area contributed by atoms with Crippen LogP contribution in [0, 0.1) is 12.8 Å². The summed E-state index contributed by atoms with van der Waals surface area (Å²) in [5.41, 5.74) is 2.60. The Bertz CT molecular complexity index is 1050. The number of rotatable bonds is 8. The van der Waals surface area contributed by atoms with Crippen LogP contribution in [-0.2, 0) is 9.59 Å². The van der Waals surface area contributed by atoms with Crippen molar-refractivity contribution in [2.24, 2.45) is 5.92 Å². The Morgan fingerprint density at radius 3 is 2.48 bits per heavy atom. The lowest BCUT2D eigenvalue weighted by Gasteiger charge is -2.22. The molecule has 0 aliphatic carbocycles. The lowest BCUT2D eigenvalue weighted by atomic mass is 9.96. The van der Waals surface area contributed by atoms with Crippen LogP contribution in [0.4, 0.5) is 5.69 Å². The molecule has 8 heteroatoms. The highest BCUT2D eigenvalue weighted by Gasteiger charge is 2.19. The fourth-order valence-corrected chi connectivity index (χ4v) is 4.11. The predicted molar refractivity (Wildman–Crippen MR) is 123 cm³/mol. The third-order valence-corrected chi connectivity index (χ3v) is 5.62. The molecule has 3 aromatic rings. The van der Waals surface area contributed by atoms with E-state index in [1.54, 1.807) is 0 Å². The molecule has 2 amide bonds. The Kier molecular flexibility index (Phi) is 7.46. The number of anilines is 1. The van der Waals surface area contributed by atoms with Crippen LogP contribution in [0.2, 0.25) is 0 Å². The SMILES string of the molecule is CC(=O)Nc1cccc(-n2c(C)nnc2SCC(=O)N[C@H](c2ccccc2)C(C)C)c1. The summed E-state index contributed by atoms with van der Waals surface area (Å²) in [7, 11) is 0. The first-order valence-corrected chi connectivity index (χ1v) is 11.1. The summed E-state index contributed by atoms with van der Waals surface area (Å²) in [6.07, 6.45) is 0. The number of carbonyl (C=O) groups is 2. The maximum atomic E-state index is 12.7. The van der Waals surface area contributed by atoms with Crippen LogP contribution < -0.4 is 10.6 Å². The van der Waals surface area contributed by atoms with E-state index in [4.69, 9.17) is 0 Å². The second-order valence-electron chi connectivity index (χ2n) is 7.59. The summed E-state index contributed by atoms with van der Waals surface area (Å²) in [6.45, 7) is 7.50. The van der Waals surface area contributed by atoms with Crippen molar-refractivity contribution in [3.05, 3.63) is 66.0 Å². The molecule has 0 aliphatic rings. The maximum absolute atomic E-state index is 12.7. The Labute approximate surface area is 186 Å². The molecule has 0 fully saturated rings. The Morgan fingerprint density at radius 2 is 1.81 bits per heavy atom. The van der Waals surface area contributed by atoms with Crippen LogP contribution in [0.15, 0.2) is 59.8 Å². The highest BCUT2D eigenvalue weighted by molar-refractivity contribution is 7.99. The quantitative estimate of drug-likeness (QED) is 0.517. The number of thioether (sulfide) groups is 1. The highest BCUT2D eigenvalue weighted by atomic mass is 32.2. The minimum atomic E-state index is -0.137. The Balaban J connectivity index is 1.72. The largest absolute Gasteiger partial charge is 0.348 e. The molecule has 7 nitrogen and oxygen atoms in total. The summed E-state index contributed by atoms with van der Waals surface area (Å²) in [5.74, 6) is 0.985. The zero-order valence-corrected chi connectivity index (χ0v) is 18.9. The van der Waals surface area contributed by atoms with Crippen LogP contribution in [0.25, 0.3) is 5.69 Å². The van der Waals surface area contributed by atoms with Gasteiger partial charge in [0.1, 0.15) is 5.82 Å². The topological polar surface area (TPSA) is 88.9 Å². The van der Waals surface area contributed by atoms with Crippen LogP contribution in [0.5, 0.6) is 0 Å². The Hall–Kier alpha value is -3.13. The smallest absolute Gasteiger partial charge is 0.230 e. The molecule has 1 aromatic heterocycles. The van der Waals surface area contributed by atoms with Crippen molar-refractivity contribution in [1.82, 2.24) is 20.1 Å². The molecule has 3 rings (SSSR count). The molecule has 31 heavy (non-hydrogen) atoms. The first-order valence-electron chi connectivity index (χ1n) is 10.1. The van der Waals surface area contributed by atoms with Crippen molar-refractivity contribution in [3.8, 4) is 5.69 Å². The van der Waals surface area contributed by atoms with Crippen molar-refractivity contribution in [1.29, 1.82) is 0 Å². The number of amides is 2. The fourth-order valence-electron chi connectivity index (χ4n) is 3.30. The highest BCUT2D eigenvalue weighted by Crippen LogP contribution is 2.25. The van der Waals surface area contributed by atoms with Gasteiger partial charge in [-0.15, -0.1) is 10.2 Å². The van der Waals surface area contributed by atoms with Gasteiger partial charge in [-0.3, -0.25) is 14.2 Å². The zero-order chi connectivity index (χ0) is 22.4. The number of nitrogens with one attached hydrogen (secondary N) is 2. The molecular formula is C23H27N5O2S. The van der Waals surface area contributed by atoms with Gasteiger partial charge in [-0.1, -0.05) is 62.0 Å². The van der Waals surface area contributed by atoms with E-state index < -0.39 is 0 Å². The van der Waals surface area contributed by atoms with Gasteiger partial charge in [-0.2, -0.15) is 0 Å². The van der Waals surface area contributed by atoms with E-state index in [1.165, 1.54) is 18.7 Å². The predicted octanol–water partition coefficient (Wildman–Crippen LogP) is 4.14. The van der Waals surface area contributed by atoms with E-state index in [1.807, 2.05) is 66.1 Å². The van der Waals surface area contributed by atoms with E-state index in [2.05, 4.69) is 34.7 Å². The second-order valence-corrected chi connectivity index (χ2v) is 8.53. The first-order chi connectivity index (χ1) is 14.8. The van der Waals surface area contributed by atoms with E-state index in [0.717, 1.165) is 11.3 Å². The van der Waals surface area contributed by atoms with Crippen molar-refractivity contribution in [2.75, 3.05) is 11.1 Å². The summed E-state index contributed by atoms with van der Waals surface area (Å²) >= 11 is 1.33. The zero-order valence-electron chi connectivity index (χ0n) is 18.1. The Morgan fingerprint density at radius 1 is 1.06 bits per heavy atom. The molecule has 0 bridgehead atoms. The number of benzene rings is 2. The van der Waals surface area contributed by atoms with Gasteiger partial charge in [0.05, 0.1) is 17.5 Å². The number of hydrogen-bond acceptors (Lipinski definition) is 5. The average Bonchev–Trinajstić information content (AvgIpc) is 3.11. The maximum Gasteiger partial charge on any atom is 0.230 e. The molecule has 2 N–H and O–H groups in total. The first kappa shape index (κ1) is 22.6. The fraction of sp³-hybridized carbons (Fsp3) is 0.304. The van der Waals surface area contributed by atoms with Gasteiger partial charge in [-0.25, -0.2) is 0 Å². The van der Waals surface area contributed by atoms with Crippen LogP contribution in [0.3, 0.4) is 0 Å². The third-order valence-electron chi connectivity index (χ3n) is 4.69. The minimum Gasteiger partial charge on any atom is -0.348 e. The van der Waals surface area contributed by atoms with E-state index >= 15 is 0 Å². The van der Waals surface area contributed by atoms with E-state index in [0.29, 0.717) is 16.7 Å². The van der Waals surface area contributed by atoms with Crippen molar-refractivity contribution < 1.29 is 9.59 Å². The van der Waals surface area contributed by atoms with Crippen LogP contribution >= 0.6 is 11.8 Å². The molecule has 0 saturated heterocycles. The second kappa shape index (κ2) is 10.3. The molecule has 0 spiro atoms. The summed E-state index contributed by atoms with van der Waals surface area (Å²) in [6, 6.07) is 17.4. The van der Waals surface area contributed by atoms with E-state index in [9.17, 15) is 9.59 Å². The molecule has 0 saturated carbocycles. The van der Waals surface area contributed by atoms with Gasteiger partial charge in [0.25, 0.3) is 0 Å². The van der Waals surface area contributed by atoms with Gasteiger partial charge in [0.2, 0.25) is 11.8 Å². The summed E-state index contributed by atoms with van der Waals surface area (Å²) in [4.78, 5) is 24.1. The van der Waals surface area contributed by atoms with Gasteiger partial charge >= 0.3 is 0 Å². The van der Waals surface area contributed by atoms with E-state index in [-0.39, 0.29) is 29.5 Å². The molecule has 0 unspecified atom stereocenters. The molecule has 2 aromatic carbocycles. The van der Waals surface area contributed by atoms with Gasteiger partial charge in [0.15, 0.2) is 5.16 Å². The number of aryl methyl sites for hydroxylation is 1. The molecule has 0 aliphatic heterocycles. The monoisotopic (exact) mass is 437 g/mol. The standard InChI is InChI=1S/C23H27N5O2S/c1-15(2)22(18-9-6-5-7-10-18)25-21(30)14-31-23-27-26-16(3)28(23)20-12-8-11-19(13-20)24-17(4)29/h5-13,15,22H,14H2,1-4H3,(H,24,29)(H,25,30)/t22-/m0/s1. The van der Waals surface area contributed by atoms with Crippen molar-refractivity contribution in [2.45, 2.75) is 38.9 Å². The normalized spacial score (nSPS) is 11.9. The van der Waals surface area contributed by atoms with Crippen molar-refractivity contribution >= 4 is 29.3 Å². The van der Waals surface area contributed by atoms with Gasteiger partial charge < -0.3 is 10.6 Å². The van der Waals surface area contributed by atoms with Crippen molar-refractivity contribution in [3.63, 3.8) is 0 Å². The molecule has 1 heterocycles. The number of hydrogen-bond donors (Lipinski definition) is 2. The number of nitrogens with zero attached hydrogens (tertiary/aromatic N) is 3. The van der Waals surface area contributed by atoms with Gasteiger partial charge in [0, 0.05) is 12.6 Å².